The molecule has 3 aromatic rings. The minimum atomic E-state index is -0.816. The average Bonchev–Trinajstić information content (AvgIpc) is 2.90. The normalized spacial score (nSPS) is 15.7. The fourth-order valence-electron chi connectivity index (χ4n) is 4.03. The lowest BCUT2D eigenvalue weighted by Gasteiger charge is -2.27. The maximum Gasteiger partial charge on any atom is 0.261 e. The van der Waals surface area contributed by atoms with Gasteiger partial charge in [-0.3, -0.25) is 19.8 Å². The van der Waals surface area contributed by atoms with Gasteiger partial charge in [-0.2, -0.15) is 0 Å². The van der Waals surface area contributed by atoms with Crippen molar-refractivity contribution < 1.29 is 14.4 Å². The van der Waals surface area contributed by atoms with E-state index in [2.05, 4.69) is 10.7 Å². The second-order valence-electron chi connectivity index (χ2n) is 8.43. The van der Waals surface area contributed by atoms with Gasteiger partial charge in [0.25, 0.3) is 11.8 Å². The molecule has 4 rings (SSSR count). The molecule has 1 aliphatic heterocycles. The van der Waals surface area contributed by atoms with Gasteiger partial charge >= 0.3 is 0 Å². The molecule has 168 valence electrons. The van der Waals surface area contributed by atoms with Crippen LogP contribution in [-0.2, 0) is 20.8 Å². The van der Waals surface area contributed by atoms with Crippen molar-refractivity contribution in [2.45, 2.75) is 39.2 Å². The van der Waals surface area contributed by atoms with E-state index in [0.717, 1.165) is 27.8 Å². The first-order chi connectivity index (χ1) is 15.8. The molecular weight excluding hydrogens is 414 g/mol. The van der Waals surface area contributed by atoms with Crippen LogP contribution in [0.1, 0.15) is 36.5 Å². The van der Waals surface area contributed by atoms with E-state index < -0.39 is 17.9 Å². The third-order valence-electron chi connectivity index (χ3n) is 5.93. The predicted molar refractivity (Wildman–Crippen MR) is 128 cm³/mol. The van der Waals surface area contributed by atoms with Crippen LogP contribution in [0.15, 0.2) is 72.8 Å². The number of hydrazine groups is 1. The molecule has 0 spiro atoms. The minimum absolute atomic E-state index is 0.176. The van der Waals surface area contributed by atoms with Gasteiger partial charge in [0.1, 0.15) is 6.04 Å². The molecule has 2 atom stereocenters. The maximum absolute atomic E-state index is 13.3. The van der Waals surface area contributed by atoms with E-state index in [1.165, 1.54) is 5.01 Å². The van der Waals surface area contributed by atoms with Gasteiger partial charge in [-0.25, -0.2) is 5.01 Å². The number of carbonyl (C=O) groups is 3. The lowest BCUT2D eigenvalue weighted by molar-refractivity contribution is -0.130. The Labute approximate surface area is 193 Å². The summed E-state index contributed by atoms with van der Waals surface area (Å²) in [5.74, 6) is -1.40. The molecule has 6 heteroatoms. The Morgan fingerprint density at radius 3 is 2.30 bits per heavy atom. The van der Waals surface area contributed by atoms with Crippen molar-refractivity contribution in [1.82, 2.24) is 10.7 Å². The number of hydrogen-bond donors (Lipinski definition) is 2. The molecule has 1 heterocycles. The quantitative estimate of drug-likeness (QED) is 0.631. The highest BCUT2D eigenvalue weighted by molar-refractivity contribution is 6.06. The third kappa shape index (κ3) is 4.65. The Hall–Kier alpha value is -3.93. The standard InChI is InChI=1S/C27H27N3O3/c1-17-12-14-20(15-13-17)16-25(31)28-19(3)26(32)29-30-24-11-7-6-10-23(24)22-9-5-4-8-21(22)18(2)27(30)33/h4-15,18-19H,16H2,1-3H3,(H,28,31)(H,29,32)/t18?,19-/m0/s1. The summed E-state index contributed by atoms with van der Waals surface area (Å²) in [7, 11) is 0. The summed E-state index contributed by atoms with van der Waals surface area (Å²) < 4.78 is 0. The molecule has 3 amide bonds. The second-order valence-corrected chi connectivity index (χ2v) is 8.43. The zero-order valence-electron chi connectivity index (χ0n) is 19.0. The van der Waals surface area contributed by atoms with Crippen LogP contribution >= 0.6 is 0 Å². The number of para-hydroxylation sites is 1. The number of carbonyl (C=O) groups excluding carboxylic acids is 3. The van der Waals surface area contributed by atoms with Crippen molar-refractivity contribution in [3.05, 3.63) is 89.5 Å². The molecule has 3 aromatic carbocycles. The average molecular weight is 442 g/mol. The van der Waals surface area contributed by atoms with Crippen LogP contribution in [0.25, 0.3) is 11.1 Å². The van der Waals surface area contributed by atoms with Crippen molar-refractivity contribution in [3.63, 3.8) is 0 Å². The maximum atomic E-state index is 13.3. The molecule has 1 unspecified atom stereocenters. The van der Waals surface area contributed by atoms with Crippen molar-refractivity contribution >= 4 is 23.4 Å². The van der Waals surface area contributed by atoms with Gasteiger partial charge < -0.3 is 5.32 Å². The Kier molecular flexibility index (Phi) is 6.27. The Balaban J connectivity index is 1.51. The summed E-state index contributed by atoms with van der Waals surface area (Å²) in [5, 5.41) is 4.04. The number of rotatable bonds is 5. The number of nitrogens with zero attached hydrogens (tertiary/aromatic N) is 1. The molecule has 2 N–H and O–H groups in total. The zero-order valence-corrected chi connectivity index (χ0v) is 19.0. The van der Waals surface area contributed by atoms with E-state index in [1.807, 2.05) is 86.6 Å². The molecule has 1 aliphatic rings. The van der Waals surface area contributed by atoms with E-state index in [-0.39, 0.29) is 18.2 Å². The summed E-state index contributed by atoms with van der Waals surface area (Å²) >= 11 is 0. The fraction of sp³-hybridized carbons (Fsp3) is 0.222. The fourth-order valence-corrected chi connectivity index (χ4v) is 4.03. The zero-order chi connectivity index (χ0) is 23.5. The Morgan fingerprint density at radius 1 is 0.939 bits per heavy atom. The molecule has 0 aromatic heterocycles. The first-order valence-corrected chi connectivity index (χ1v) is 11.0. The van der Waals surface area contributed by atoms with Crippen LogP contribution in [0.4, 0.5) is 5.69 Å². The Bertz CT molecular complexity index is 1200. The van der Waals surface area contributed by atoms with Gasteiger partial charge in [-0.05, 0) is 43.5 Å². The molecule has 0 saturated carbocycles. The van der Waals surface area contributed by atoms with Gasteiger partial charge in [0.2, 0.25) is 5.91 Å². The number of hydrogen-bond acceptors (Lipinski definition) is 3. The largest absolute Gasteiger partial charge is 0.344 e. The van der Waals surface area contributed by atoms with Crippen LogP contribution in [0.3, 0.4) is 0 Å². The van der Waals surface area contributed by atoms with Crippen molar-refractivity contribution in [2.24, 2.45) is 0 Å². The number of nitrogens with one attached hydrogen (secondary N) is 2. The van der Waals surface area contributed by atoms with E-state index in [1.54, 1.807) is 6.92 Å². The topological polar surface area (TPSA) is 78.5 Å². The molecule has 0 saturated heterocycles. The molecule has 0 fully saturated rings. The van der Waals surface area contributed by atoms with Gasteiger partial charge in [0.05, 0.1) is 18.0 Å². The van der Waals surface area contributed by atoms with Crippen LogP contribution in [-0.4, -0.2) is 23.8 Å². The molecule has 0 bridgehead atoms. The molecular formula is C27H27N3O3. The van der Waals surface area contributed by atoms with Crippen molar-refractivity contribution in [3.8, 4) is 11.1 Å². The van der Waals surface area contributed by atoms with E-state index >= 15 is 0 Å². The van der Waals surface area contributed by atoms with Crippen LogP contribution in [0, 0.1) is 6.92 Å². The molecule has 33 heavy (non-hydrogen) atoms. The number of anilines is 1. The molecule has 0 aliphatic carbocycles. The first kappa shape index (κ1) is 22.3. The highest BCUT2D eigenvalue weighted by Crippen LogP contribution is 2.39. The van der Waals surface area contributed by atoms with E-state index in [4.69, 9.17) is 0 Å². The van der Waals surface area contributed by atoms with Crippen molar-refractivity contribution in [2.75, 3.05) is 5.01 Å². The third-order valence-corrected chi connectivity index (χ3v) is 5.93. The molecule has 6 nitrogen and oxygen atoms in total. The second kappa shape index (κ2) is 9.28. The van der Waals surface area contributed by atoms with Gasteiger partial charge in [-0.15, -0.1) is 0 Å². The summed E-state index contributed by atoms with van der Waals surface area (Å²) in [6.45, 7) is 5.42. The summed E-state index contributed by atoms with van der Waals surface area (Å²) in [6.07, 6.45) is 0.176. The number of amides is 3. The monoisotopic (exact) mass is 441 g/mol. The predicted octanol–water partition coefficient (Wildman–Crippen LogP) is 3.89. The highest BCUT2D eigenvalue weighted by atomic mass is 16.2. The minimum Gasteiger partial charge on any atom is -0.344 e. The Morgan fingerprint density at radius 2 is 1.58 bits per heavy atom. The smallest absolute Gasteiger partial charge is 0.261 e. The lowest BCUT2D eigenvalue weighted by Crippen LogP contribution is -2.54. The summed E-state index contributed by atoms with van der Waals surface area (Å²) in [6, 6.07) is 22.1. The van der Waals surface area contributed by atoms with Gasteiger partial charge in [0, 0.05) is 5.56 Å². The first-order valence-electron chi connectivity index (χ1n) is 11.0. The van der Waals surface area contributed by atoms with Crippen LogP contribution in [0.2, 0.25) is 0 Å². The van der Waals surface area contributed by atoms with Crippen molar-refractivity contribution in [1.29, 1.82) is 0 Å². The number of benzene rings is 3. The SMILES string of the molecule is Cc1ccc(CC(=O)N[C@@H](C)C(=O)NN2C(=O)C(C)c3ccccc3-c3ccccc32)cc1. The van der Waals surface area contributed by atoms with Gasteiger partial charge in [0.15, 0.2) is 0 Å². The lowest BCUT2D eigenvalue weighted by atomic mass is 9.92. The number of fused-ring (bicyclic) bond motifs is 3. The van der Waals surface area contributed by atoms with Crippen LogP contribution in [0.5, 0.6) is 0 Å². The molecule has 0 radical (unpaired) electrons. The van der Waals surface area contributed by atoms with E-state index in [0.29, 0.717) is 5.69 Å². The number of aryl methyl sites for hydroxylation is 1. The summed E-state index contributed by atoms with van der Waals surface area (Å²) in [5.41, 5.74) is 8.06. The van der Waals surface area contributed by atoms with Crippen LogP contribution < -0.4 is 15.8 Å². The van der Waals surface area contributed by atoms with E-state index in [9.17, 15) is 14.4 Å². The van der Waals surface area contributed by atoms with Gasteiger partial charge in [-0.1, -0.05) is 72.3 Å². The summed E-state index contributed by atoms with van der Waals surface area (Å²) in [4.78, 5) is 38.8. The highest BCUT2D eigenvalue weighted by Gasteiger charge is 2.33.